The molecule has 10 heavy (non-hydrogen) atoms. The number of hydrogen-bond acceptors (Lipinski definition) is 2. The molecule has 4 N–H and O–H groups in total. The molecular formula is C6H20N3V+. The minimum Gasteiger partial charge on any atom is -0.333 e. The van der Waals surface area contributed by atoms with Crippen LogP contribution in [0.1, 0.15) is 0 Å². The Morgan fingerprint density at radius 2 is 1.00 bits per heavy atom. The summed E-state index contributed by atoms with van der Waals surface area (Å²) in [6, 6.07) is 0. The Labute approximate surface area is 76.2 Å². The summed E-state index contributed by atoms with van der Waals surface area (Å²) in [5.41, 5.74) is 9.81. The molecule has 0 unspecified atom stereocenters. The second-order valence-electron chi connectivity index (χ2n) is 3.26. The van der Waals surface area contributed by atoms with Crippen molar-refractivity contribution in [2.75, 3.05) is 41.3 Å². The molecule has 0 fully saturated rings. The third-order valence-electron chi connectivity index (χ3n) is 0.167. The number of rotatable bonds is 1. The van der Waals surface area contributed by atoms with Crippen LogP contribution in [0.5, 0.6) is 0 Å². The fourth-order valence-electron chi connectivity index (χ4n) is 0. The number of nitrogens with two attached hydrogens (primary N) is 2. The van der Waals surface area contributed by atoms with Crippen molar-refractivity contribution in [3.05, 3.63) is 0 Å². The standard InChI is InChI=1S/C4H12N.C2H8N2.V/c1-5(2,3)4;3-1-2-4;/h1-4H3;1-4H2;/q+1;;. The zero-order valence-electron chi connectivity index (χ0n) is 7.46. The molecular weight excluding hydrogens is 165 g/mol. The van der Waals surface area contributed by atoms with Crippen LogP contribution in [0.15, 0.2) is 0 Å². The van der Waals surface area contributed by atoms with Gasteiger partial charge in [-0.3, -0.25) is 0 Å². The van der Waals surface area contributed by atoms with E-state index >= 15 is 0 Å². The Kier molecular flexibility index (Phi) is 15.9. The average molecular weight is 185 g/mol. The van der Waals surface area contributed by atoms with E-state index in [1.165, 1.54) is 0 Å². The van der Waals surface area contributed by atoms with Crippen LogP contribution >= 0.6 is 0 Å². The summed E-state index contributed by atoms with van der Waals surface area (Å²) in [5, 5.41) is 0. The maximum absolute atomic E-state index is 4.90. The van der Waals surface area contributed by atoms with Crippen LogP contribution in [-0.4, -0.2) is 45.8 Å². The maximum Gasteiger partial charge on any atom is 0.0675 e. The van der Waals surface area contributed by atoms with Gasteiger partial charge in [0.2, 0.25) is 0 Å². The summed E-state index contributed by atoms with van der Waals surface area (Å²) >= 11 is 0. The van der Waals surface area contributed by atoms with Crippen LogP contribution in [0.2, 0.25) is 0 Å². The molecule has 0 rings (SSSR count). The number of quaternary nitrogens is 1. The van der Waals surface area contributed by atoms with Gasteiger partial charge in [0, 0.05) is 31.6 Å². The summed E-state index contributed by atoms with van der Waals surface area (Å²) in [6.07, 6.45) is 0. The maximum atomic E-state index is 4.90. The van der Waals surface area contributed by atoms with E-state index in [9.17, 15) is 0 Å². The van der Waals surface area contributed by atoms with E-state index < -0.39 is 0 Å². The zero-order chi connectivity index (χ0) is 7.91. The molecule has 0 saturated carbocycles. The normalized spacial score (nSPS) is 9.00. The first-order valence-corrected chi connectivity index (χ1v) is 3.11. The second-order valence-corrected chi connectivity index (χ2v) is 3.26. The van der Waals surface area contributed by atoms with Crippen molar-refractivity contribution in [2.24, 2.45) is 11.5 Å². The fraction of sp³-hybridized carbons (Fsp3) is 1.00. The Hall–Kier alpha value is 0.464. The first-order valence-electron chi connectivity index (χ1n) is 3.11. The molecule has 1 radical (unpaired) electrons. The molecule has 0 aromatic rings. The van der Waals surface area contributed by atoms with Gasteiger partial charge in [-0.05, 0) is 0 Å². The van der Waals surface area contributed by atoms with Crippen molar-refractivity contribution in [3.8, 4) is 0 Å². The molecule has 0 saturated heterocycles. The van der Waals surface area contributed by atoms with Gasteiger partial charge in [0.25, 0.3) is 0 Å². The van der Waals surface area contributed by atoms with Crippen molar-refractivity contribution < 1.29 is 23.0 Å². The number of hydrogen-bond donors (Lipinski definition) is 2. The predicted octanol–water partition coefficient (Wildman–Crippen LogP) is -0.776. The van der Waals surface area contributed by atoms with Gasteiger partial charge in [-0.25, -0.2) is 0 Å². The van der Waals surface area contributed by atoms with Crippen molar-refractivity contribution in [1.82, 2.24) is 0 Å². The van der Waals surface area contributed by atoms with Gasteiger partial charge in [-0.2, -0.15) is 0 Å². The van der Waals surface area contributed by atoms with Crippen LogP contribution in [0, 0.1) is 0 Å². The van der Waals surface area contributed by atoms with E-state index in [1.807, 2.05) is 0 Å². The molecule has 0 bridgehead atoms. The first kappa shape index (κ1) is 16.8. The largest absolute Gasteiger partial charge is 0.333 e. The average Bonchev–Trinajstić information content (AvgIpc) is 1.61. The third kappa shape index (κ3) is 220. The van der Waals surface area contributed by atoms with Gasteiger partial charge < -0.3 is 16.0 Å². The quantitative estimate of drug-likeness (QED) is 0.527. The van der Waals surface area contributed by atoms with Crippen LogP contribution in [0.4, 0.5) is 0 Å². The summed E-state index contributed by atoms with van der Waals surface area (Å²) < 4.78 is 1.00. The van der Waals surface area contributed by atoms with Crippen LogP contribution in [0.3, 0.4) is 0 Å². The van der Waals surface area contributed by atoms with E-state index in [2.05, 4.69) is 28.2 Å². The van der Waals surface area contributed by atoms with Crippen molar-refractivity contribution in [1.29, 1.82) is 0 Å². The molecule has 0 aromatic carbocycles. The molecule has 63 valence electrons. The van der Waals surface area contributed by atoms with E-state index in [-0.39, 0.29) is 18.6 Å². The molecule has 0 heterocycles. The SMILES string of the molecule is C[N+](C)(C)C.NCCN.[V]. The summed E-state index contributed by atoms with van der Waals surface area (Å²) in [6.45, 7) is 1.19. The second kappa shape index (κ2) is 9.46. The minimum atomic E-state index is 0. The Morgan fingerprint density at radius 3 is 1.00 bits per heavy atom. The third-order valence-corrected chi connectivity index (χ3v) is 0.167. The number of nitrogens with zero attached hydrogens (tertiary/aromatic N) is 1. The van der Waals surface area contributed by atoms with Gasteiger partial charge in [0.1, 0.15) is 0 Å². The minimum absolute atomic E-state index is 0. The molecule has 4 heteroatoms. The molecule has 0 spiro atoms. The molecule has 0 aromatic heterocycles. The Bertz CT molecular complexity index is 43.4. The van der Waals surface area contributed by atoms with Gasteiger partial charge in [0.15, 0.2) is 0 Å². The molecule has 0 aliphatic heterocycles. The van der Waals surface area contributed by atoms with Crippen LogP contribution in [0.25, 0.3) is 0 Å². The van der Waals surface area contributed by atoms with Crippen LogP contribution in [-0.2, 0) is 18.6 Å². The topological polar surface area (TPSA) is 52.0 Å². The molecule has 3 nitrogen and oxygen atoms in total. The Morgan fingerprint density at radius 1 is 0.900 bits per heavy atom. The summed E-state index contributed by atoms with van der Waals surface area (Å²) in [7, 11) is 8.50. The predicted molar refractivity (Wildman–Crippen MR) is 42.1 cm³/mol. The summed E-state index contributed by atoms with van der Waals surface area (Å²) in [4.78, 5) is 0. The fourth-order valence-corrected chi connectivity index (χ4v) is 0. The van der Waals surface area contributed by atoms with Crippen molar-refractivity contribution in [2.45, 2.75) is 0 Å². The smallest absolute Gasteiger partial charge is 0.0675 e. The van der Waals surface area contributed by atoms with Crippen LogP contribution < -0.4 is 11.5 Å². The van der Waals surface area contributed by atoms with E-state index in [0.717, 1.165) is 4.48 Å². The van der Waals surface area contributed by atoms with Gasteiger partial charge >= 0.3 is 0 Å². The van der Waals surface area contributed by atoms with Gasteiger partial charge in [-0.1, -0.05) is 0 Å². The van der Waals surface area contributed by atoms with Gasteiger partial charge in [0.05, 0.1) is 28.2 Å². The Balaban J connectivity index is -0.0000000910. The molecule has 0 atom stereocenters. The van der Waals surface area contributed by atoms with Gasteiger partial charge in [-0.15, -0.1) is 0 Å². The van der Waals surface area contributed by atoms with E-state index in [4.69, 9.17) is 11.5 Å². The van der Waals surface area contributed by atoms with E-state index in [0.29, 0.717) is 13.1 Å². The van der Waals surface area contributed by atoms with Crippen molar-refractivity contribution >= 4 is 0 Å². The molecule has 0 amide bonds. The van der Waals surface area contributed by atoms with Crippen molar-refractivity contribution in [3.63, 3.8) is 0 Å². The zero-order valence-corrected chi connectivity index (χ0v) is 8.86. The summed E-state index contributed by atoms with van der Waals surface area (Å²) in [5.74, 6) is 0. The monoisotopic (exact) mass is 185 g/mol. The first-order chi connectivity index (χ1) is 3.91. The molecule has 0 aliphatic rings. The van der Waals surface area contributed by atoms with E-state index in [1.54, 1.807) is 0 Å². The molecule has 0 aliphatic carbocycles.